The quantitative estimate of drug-likeness (QED) is 0.876. The minimum atomic E-state index is 0. The van der Waals surface area contributed by atoms with E-state index in [9.17, 15) is 0 Å². The largest absolute Gasteiger partial charge is 0.490 e. The standard InChI is InChI=1S/C11H17N3O.ClH/c1-14-4-2-3-10(14)8-15-11-5-9(12)6-13-7-11;/h5-7,10H,2-4,8,12H2,1H3;1H. The van der Waals surface area contributed by atoms with Crippen molar-refractivity contribution in [1.82, 2.24) is 9.88 Å². The second kappa shape index (κ2) is 5.92. The zero-order valence-electron chi connectivity index (χ0n) is 9.43. The van der Waals surface area contributed by atoms with Crippen molar-refractivity contribution in [2.45, 2.75) is 18.9 Å². The number of pyridine rings is 1. The van der Waals surface area contributed by atoms with Gasteiger partial charge in [-0.3, -0.25) is 4.98 Å². The van der Waals surface area contributed by atoms with Gasteiger partial charge in [0.25, 0.3) is 0 Å². The van der Waals surface area contributed by atoms with Gasteiger partial charge < -0.3 is 15.4 Å². The van der Waals surface area contributed by atoms with E-state index >= 15 is 0 Å². The van der Waals surface area contributed by atoms with E-state index in [4.69, 9.17) is 10.5 Å². The van der Waals surface area contributed by atoms with Crippen LogP contribution < -0.4 is 10.5 Å². The number of hydrogen-bond donors (Lipinski definition) is 1. The van der Waals surface area contributed by atoms with Crippen molar-refractivity contribution in [1.29, 1.82) is 0 Å². The van der Waals surface area contributed by atoms with Gasteiger partial charge in [0.05, 0.1) is 18.1 Å². The molecule has 2 heterocycles. The number of ether oxygens (including phenoxy) is 1. The number of likely N-dealkylation sites (tertiary alicyclic amines) is 1. The summed E-state index contributed by atoms with van der Waals surface area (Å²) < 4.78 is 5.66. The molecular formula is C11H18ClN3O. The number of nitrogen functional groups attached to an aromatic ring is 1. The molecule has 0 aliphatic carbocycles. The van der Waals surface area contributed by atoms with Gasteiger partial charge in [0, 0.05) is 12.1 Å². The molecular weight excluding hydrogens is 226 g/mol. The lowest BCUT2D eigenvalue weighted by atomic mass is 10.2. The number of halogens is 1. The zero-order chi connectivity index (χ0) is 10.7. The fourth-order valence-corrected chi connectivity index (χ4v) is 1.90. The summed E-state index contributed by atoms with van der Waals surface area (Å²) in [4.78, 5) is 6.32. The third-order valence-electron chi connectivity index (χ3n) is 2.85. The van der Waals surface area contributed by atoms with Crippen molar-refractivity contribution in [3.05, 3.63) is 18.5 Å². The molecule has 1 aliphatic heterocycles. The molecule has 0 amide bonds. The number of nitrogens with zero attached hydrogens (tertiary/aromatic N) is 2. The third kappa shape index (κ3) is 3.25. The van der Waals surface area contributed by atoms with E-state index < -0.39 is 0 Å². The van der Waals surface area contributed by atoms with Crippen LogP contribution in [0.4, 0.5) is 5.69 Å². The Kier molecular flexibility index (Phi) is 4.83. The van der Waals surface area contributed by atoms with Crippen LogP contribution in [0.15, 0.2) is 18.5 Å². The Morgan fingerprint density at radius 3 is 3.00 bits per heavy atom. The molecule has 0 aromatic carbocycles. The van der Waals surface area contributed by atoms with Gasteiger partial charge in [-0.2, -0.15) is 0 Å². The molecule has 0 saturated carbocycles. The van der Waals surface area contributed by atoms with Crippen molar-refractivity contribution in [3.63, 3.8) is 0 Å². The van der Waals surface area contributed by atoms with E-state index in [2.05, 4.69) is 16.9 Å². The summed E-state index contributed by atoms with van der Waals surface area (Å²) in [6.07, 6.45) is 5.80. The minimum Gasteiger partial charge on any atom is -0.490 e. The molecule has 0 radical (unpaired) electrons. The van der Waals surface area contributed by atoms with E-state index in [1.807, 2.05) is 6.07 Å². The summed E-state index contributed by atoms with van der Waals surface area (Å²) in [5.74, 6) is 0.760. The smallest absolute Gasteiger partial charge is 0.139 e. The lowest BCUT2D eigenvalue weighted by molar-refractivity contribution is 0.198. The molecule has 0 bridgehead atoms. The Bertz CT molecular complexity index is 335. The van der Waals surface area contributed by atoms with Gasteiger partial charge in [-0.25, -0.2) is 0 Å². The first kappa shape index (κ1) is 13.1. The molecule has 1 fully saturated rings. The highest BCUT2D eigenvalue weighted by atomic mass is 35.5. The average Bonchev–Trinajstić information content (AvgIpc) is 2.61. The Morgan fingerprint density at radius 1 is 1.56 bits per heavy atom. The summed E-state index contributed by atoms with van der Waals surface area (Å²) in [5, 5.41) is 0. The molecule has 90 valence electrons. The summed E-state index contributed by atoms with van der Waals surface area (Å²) in [5.41, 5.74) is 6.26. The van der Waals surface area contributed by atoms with Crippen LogP contribution in [0, 0.1) is 0 Å². The molecule has 0 spiro atoms. The van der Waals surface area contributed by atoms with Crippen molar-refractivity contribution < 1.29 is 4.74 Å². The predicted octanol–water partition coefficient (Wildman–Crippen LogP) is 1.56. The van der Waals surface area contributed by atoms with Crippen LogP contribution in [0.3, 0.4) is 0 Å². The first-order chi connectivity index (χ1) is 7.25. The first-order valence-corrected chi connectivity index (χ1v) is 5.29. The summed E-state index contributed by atoms with van der Waals surface area (Å²) in [7, 11) is 2.14. The number of likely N-dealkylation sites (N-methyl/N-ethyl adjacent to an activating group) is 1. The number of aromatic nitrogens is 1. The van der Waals surface area contributed by atoms with Gasteiger partial charge in [-0.1, -0.05) is 0 Å². The minimum absolute atomic E-state index is 0. The summed E-state index contributed by atoms with van der Waals surface area (Å²) in [6.45, 7) is 1.89. The normalized spacial score (nSPS) is 20.4. The Hall–Kier alpha value is -1.00. The summed E-state index contributed by atoms with van der Waals surface area (Å²) >= 11 is 0. The van der Waals surface area contributed by atoms with E-state index in [0.29, 0.717) is 11.7 Å². The molecule has 4 nitrogen and oxygen atoms in total. The lowest BCUT2D eigenvalue weighted by Crippen LogP contribution is -2.30. The molecule has 1 aromatic heterocycles. The molecule has 1 atom stereocenters. The lowest BCUT2D eigenvalue weighted by Gasteiger charge is -2.19. The molecule has 2 N–H and O–H groups in total. The Balaban J connectivity index is 0.00000128. The van der Waals surface area contributed by atoms with Crippen LogP contribution >= 0.6 is 12.4 Å². The van der Waals surface area contributed by atoms with Crippen molar-refractivity contribution in [2.24, 2.45) is 0 Å². The van der Waals surface area contributed by atoms with Crippen LogP contribution in [0.5, 0.6) is 5.75 Å². The van der Waals surface area contributed by atoms with Crippen LogP contribution in [0.2, 0.25) is 0 Å². The van der Waals surface area contributed by atoms with Crippen LogP contribution in [0.1, 0.15) is 12.8 Å². The average molecular weight is 244 g/mol. The SMILES string of the molecule is CN1CCCC1COc1cncc(N)c1.Cl. The Labute approximate surface area is 102 Å². The second-order valence-electron chi connectivity index (χ2n) is 4.04. The number of rotatable bonds is 3. The van der Waals surface area contributed by atoms with Gasteiger partial charge in [0.2, 0.25) is 0 Å². The van der Waals surface area contributed by atoms with Crippen molar-refractivity contribution >= 4 is 18.1 Å². The number of anilines is 1. The van der Waals surface area contributed by atoms with Crippen molar-refractivity contribution in [3.8, 4) is 5.75 Å². The van der Waals surface area contributed by atoms with Gasteiger partial charge in [-0.15, -0.1) is 12.4 Å². The highest BCUT2D eigenvalue weighted by Crippen LogP contribution is 2.17. The summed E-state index contributed by atoms with van der Waals surface area (Å²) in [6, 6.07) is 2.34. The van der Waals surface area contributed by atoms with Gasteiger partial charge in [0.1, 0.15) is 12.4 Å². The zero-order valence-corrected chi connectivity index (χ0v) is 10.2. The van der Waals surface area contributed by atoms with Gasteiger partial charge in [-0.05, 0) is 26.4 Å². The van der Waals surface area contributed by atoms with E-state index in [-0.39, 0.29) is 12.4 Å². The molecule has 2 rings (SSSR count). The topological polar surface area (TPSA) is 51.4 Å². The number of hydrogen-bond acceptors (Lipinski definition) is 4. The van der Waals surface area contributed by atoms with E-state index in [0.717, 1.165) is 12.4 Å². The molecule has 1 saturated heterocycles. The monoisotopic (exact) mass is 243 g/mol. The third-order valence-corrected chi connectivity index (χ3v) is 2.85. The predicted molar refractivity (Wildman–Crippen MR) is 67.0 cm³/mol. The second-order valence-corrected chi connectivity index (χ2v) is 4.04. The molecule has 16 heavy (non-hydrogen) atoms. The fraction of sp³-hybridized carbons (Fsp3) is 0.545. The van der Waals surface area contributed by atoms with E-state index in [1.165, 1.54) is 19.4 Å². The van der Waals surface area contributed by atoms with Crippen LogP contribution in [-0.2, 0) is 0 Å². The van der Waals surface area contributed by atoms with Crippen molar-refractivity contribution in [2.75, 3.05) is 25.9 Å². The molecule has 5 heteroatoms. The van der Waals surface area contributed by atoms with Gasteiger partial charge >= 0.3 is 0 Å². The Morgan fingerprint density at radius 2 is 2.38 bits per heavy atom. The molecule has 1 unspecified atom stereocenters. The van der Waals surface area contributed by atoms with Crippen LogP contribution in [-0.4, -0.2) is 36.1 Å². The maximum absolute atomic E-state index is 5.66. The maximum Gasteiger partial charge on any atom is 0.139 e. The highest BCUT2D eigenvalue weighted by Gasteiger charge is 2.21. The van der Waals surface area contributed by atoms with Gasteiger partial charge in [0.15, 0.2) is 0 Å². The van der Waals surface area contributed by atoms with Crippen LogP contribution in [0.25, 0.3) is 0 Å². The van der Waals surface area contributed by atoms with E-state index in [1.54, 1.807) is 12.4 Å². The highest BCUT2D eigenvalue weighted by molar-refractivity contribution is 5.85. The fourth-order valence-electron chi connectivity index (χ4n) is 1.90. The maximum atomic E-state index is 5.66. The molecule has 1 aliphatic rings. The first-order valence-electron chi connectivity index (χ1n) is 5.29. The number of nitrogens with two attached hydrogens (primary N) is 1. The molecule has 1 aromatic rings.